The van der Waals surface area contributed by atoms with E-state index in [-0.39, 0.29) is 106 Å². The zero-order valence-electron chi connectivity index (χ0n) is 50.9. The highest BCUT2D eigenvalue weighted by Crippen LogP contribution is 2.44. The molecule has 0 aliphatic rings. The van der Waals surface area contributed by atoms with E-state index >= 15 is 0 Å². The van der Waals surface area contributed by atoms with Crippen LogP contribution >= 0.6 is 0 Å². The molecule has 9 aromatic rings. The number of azo groups is 2. The molecule has 0 saturated heterocycles. The Kier molecular flexibility index (Phi) is 20.9. The van der Waals surface area contributed by atoms with Gasteiger partial charge >= 0.3 is 0 Å². The van der Waals surface area contributed by atoms with Gasteiger partial charge in [-0.2, -0.15) is 80.4 Å². The number of hydrogen-bond acceptors (Lipinski definition) is 32. The molecule has 2 heterocycles. The molecule has 0 aliphatic heterocycles. The normalized spacial score (nSPS) is 12.5. The molecule has 0 radical (unpaired) electrons. The topological polar surface area (TPSA) is 572 Å². The molecule has 7 aromatic carbocycles. The first-order valence-corrected chi connectivity index (χ1v) is 36.7. The predicted octanol–water partition coefficient (Wildman–Crippen LogP) is 7.03. The average Bonchev–Trinajstić information content (AvgIpc) is 0.800. The van der Waals surface area contributed by atoms with Crippen molar-refractivity contribution < 1.29 is 88.0 Å². The molecule has 14 N–H and O–H groups in total. The lowest BCUT2D eigenvalue weighted by atomic mass is 10.1. The maximum absolute atomic E-state index is 12.6. The number of hydrogen-bond donors (Lipinski definition) is 14. The van der Waals surface area contributed by atoms with Crippen LogP contribution < -0.4 is 41.7 Å². The third-order valence-electron chi connectivity index (χ3n) is 13.8. The molecule has 9 rings (SSSR count). The second-order valence-corrected chi connectivity index (χ2v) is 29.7. The van der Waals surface area contributed by atoms with Gasteiger partial charge in [-0.1, -0.05) is 24.3 Å². The van der Waals surface area contributed by atoms with Crippen LogP contribution in [0.25, 0.3) is 21.5 Å². The molecular formula is C54H56N18O20S6. The smallest absolute Gasteiger partial charge is 0.296 e. The number of aromatic hydroxyl groups is 2. The first kappa shape index (κ1) is 72.0. The second-order valence-electron chi connectivity index (χ2n) is 20.9. The fourth-order valence-corrected chi connectivity index (χ4v) is 12.3. The van der Waals surface area contributed by atoms with Crippen LogP contribution in [0.4, 0.5) is 81.2 Å². The maximum Gasteiger partial charge on any atom is 0.296 e. The van der Waals surface area contributed by atoms with Crippen LogP contribution in [-0.2, 0) is 73.8 Å². The summed E-state index contributed by atoms with van der Waals surface area (Å²) in [6.45, 7) is -1.01. The fourth-order valence-electron chi connectivity index (χ4n) is 9.34. The van der Waals surface area contributed by atoms with Gasteiger partial charge in [0.1, 0.15) is 44.0 Å². The molecule has 2 aromatic heterocycles. The van der Waals surface area contributed by atoms with E-state index in [1.807, 2.05) is 0 Å². The molecule has 0 fully saturated rings. The number of benzene rings is 7. The Bertz CT molecular complexity index is 5080. The van der Waals surface area contributed by atoms with Gasteiger partial charge in [0, 0.05) is 77.9 Å². The van der Waals surface area contributed by atoms with Crippen LogP contribution in [0.1, 0.15) is 11.1 Å². The van der Waals surface area contributed by atoms with Gasteiger partial charge in [0.25, 0.3) is 60.7 Å². The standard InChI is InChI=1S/C54H56N18O20S6/c1-55-37-13-7-31-23-35(95(81,82)83)25-41(73)45(31)47(37)69-67-39-21-29(5-15-43(39)97(87,88)89)27-71(3)53-63-49(57-17-19-93(75,76)77)61-51(65-53)59-33-9-11-34(12-10-33)60-52-62-50(58-18-20-94(78,79)80)64-54(66-52)72(4)28-30-6-16-44(98(90,91)92)40(22-30)68-70-48-38(56-2)14-8-32-24-36(96(84,85)86)26-42(74)46(32)48/h5-16,21-26,55-56,73-74H,17-20,27-28H2,1-4H3,(H,75,76,77)(H,78,79,80)(H,81,82,83)(H,84,85,86)(H,87,88,89)(H,90,91,92)(H2,57,59,61,63,65)(H2,58,60,62,64,66). The molecule has 0 aliphatic carbocycles. The summed E-state index contributed by atoms with van der Waals surface area (Å²) in [5.74, 6) is -3.55. The Hall–Kier alpha value is -10.3. The monoisotopic (exact) mass is 1470 g/mol. The van der Waals surface area contributed by atoms with Crippen molar-refractivity contribution in [2.24, 2.45) is 20.5 Å². The van der Waals surface area contributed by atoms with E-state index in [0.717, 1.165) is 36.4 Å². The summed E-state index contributed by atoms with van der Waals surface area (Å²) in [5.41, 5.74) is 0.799. The zero-order valence-corrected chi connectivity index (χ0v) is 55.8. The zero-order chi connectivity index (χ0) is 71.5. The second kappa shape index (κ2) is 28.4. The highest BCUT2D eigenvalue weighted by molar-refractivity contribution is 7.87. The number of phenols is 2. The first-order valence-electron chi connectivity index (χ1n) is 27.7. The molecule has 518 valence electrons. The first-order chi connectivity index (χ1) is 45.8. The van der Waals surface area contributed by atoms with E-state index in [1.165, 1.54) is 86.5 Å². The molecule has 0 atom stereocenters. The van der Waals surface area contributed by atoms with Crippen molar-refractivity contribution in [3.8, 4) is 11.5 Å². The van der Waals surface area contributed by atoms with Crippen LogP contribution in [0.15, 0.2) is 149 Å². The summed E-state index contributed by atoms with van der Waals surface area (Å²) in [5, 5.41) is 55.8. The minimum absolute atomic E-state index is 0.0437. The lowest BCUT2D eigenvalue weighted by molar-refractivity contribution is 0.470. The third-order valence-corrected chi connectivity index (χ3v) is 18.7. The van der Waals surface area contributed by atoms with Gasteiger partial charge < -0.3 is 51.9 Å². The van der Waals surface area contributed by atoms with E-state index in [0.29, 0.717) is 22.5 Å². The fraction of sp³-hybridized carbons (Fsp3) is 0.185. The number of phenolic OH excluding ortho intramolecular Hbond substituents is 2. The Morgan fingerprint density at radius 1 is 0.418 bits per heavy atom. The number of rotatable bonds is 28. The van der Waals surface area contributed by atoms with Gasteiger partial charge in [0.15, 0.2) is 0 Å². The van der Waals surface area contributed by atoms with Crippen molar-refractivity contribution in [1.29, 1.82) is 0 Å². The van der Waals surface area contributed by atoms with Crippen LogP contribution in [-0.4, -0.2) is 171 Å². The third kappa shape index (κ3) is 18.2. The van der Waals surface area contributed by atoms with Crippen molar-refractivity contribution in [3.05, 3.63) is 120 Å². The predicted molar refractivity (Wildman–Crippen MR) is 357 cm³/mol. The van der Waals surface area contributed by atoms with E-state index in [9.17, 15) is 88.0 Å². The van der Waals surface area contributed by atoms with Gasteiger partial charge in [-0.25, -0.2) is 0 Å². The number of nitrogens with one attached hydrogen (secondary N) is 6. The van der Waals surface area contributed by atoms with Crippen molar-refractivity contribution in [3.63, 3.8) is 0 Å². The van der Waals surface area contributed by atoms with Crippen LogP contribution in [0.3, 0.4) is 0 Å². The summed E-state index contributed by atoms with van der Waals surface area (Å²) in [7, 11) is -22.3. The molecule has 98 heavy (non-hydrogen) atoms. The van der Waals surface area contributed by atoms with Crippen LogP contribution in [0, 0.1) is 0 Å². The van der Waals surface area contributed by atoms with Crippen molar-refractivity contribution in [1.82, 2.24) is 29.9 Å². The van der Waals surface area contributed by atoms with Gasteiger partial charge in [0.05, 0.1) is 43.4 Å². The Morgan fingerprint density at radius 2 is 0.776 bits per heavy atom. The molecule has 0 amide bonds. The van der Waals surface area contributed by atoms with E-state index in [2.05, 4.69) is 82.3 Å². The van der Waals surface area contributed by atoms with Gasteiger partial charge in [0.2, 0.25) is 35.7 Å². The van der Waals surface area contributed by atoms with E-state index in [4.69, 9.17) is 0 Å². The van der Waals surface area contributed by atoms with E-state index < -0.39 is 115 Å². The Balaban J connectivity index is 0.973. The molecule has 0 saturated carbocycles. The van der Waals surface area contributed by atoms with Crippen LogP contribution in [0.2, 0.25) is 0 Å². The van der Waals surface area contributed by atoms with Crippen LogP contribution in [0.5, 0.6) is 11.5 Å². The van der Waals surface area contributed by atoms with Crippen molar-refractivity contribution in [2.75, 3.05) is 94.5 Å². The van der Waals surface area contributed by atoms with Crippen molar-refractivity contribution >= 4 is 163 Å². The lowest BCUT2D eigenvalue weighted by Crippen LogP contribution is -2.22. The van der Waals surface area contributed by atoms with Gasteiger partial charge in [-0.3, -0.25) is 27.3 Å². The van der Waals surface area contributed by atoms with Gasteiger partial charge in [-0.05, 0) is 94.7 Å². The summed E-state index contributed by atoms with van der Waals surface area (Å²) < 4.78 is 203. The summed E-state index contributed by atoms with van der Waals surface area (Å²) in [6.07, 6.45) is 0. The molecule has 0 spiro atoms. The SMILES string of the molecule is CNc1ccc2cc(S(=O)(=O)O)cc(O)c2c1N=Nc1cc(CN(C)c2nc(NCCS(=O)(=O)O)nc(Nc3ccc(Nc4nc(NCCS(=O)(=O)O)nc(N(C)Cc5ccc(S(=O)(=O)O)c(N=Nc6c(NC)ccc7cc(S(=O)(=O)O)cc(O)c67)c5)n4)cc3)n2)ccc1S(=O)(=O)O. The van der Waals surface area contributed by atoms with Crippen molar-refractivity contribution in [2.45, 2.75) is 32.7 Å². The highest BCUT2D eigenvalue weighted by Gasteiger charge is 2.24. The number of nitrogens with zero attached hydrogens (tertiary/aromatic N) is 12. The number of anilines is 10. The molecule has 44 heteroatoms. The average molecular weight is 1470 g/mol. The highest BCUT2D eigenvalue weighted by atomic mass is 32.2. The molecule has 0 bridgehead atoms. The molecule has 0 unspecified atom stereocenters. The summed E-state index contributed by atoms with van der Waals surface area (Å²) in [4.78, 5) is 26.8. The minimum Gasteiger partial charge on any atom is -0.507 e. The van der Waals surface area contributed by atoms with Gasteiger partial charge in [-0.15, -0.1) is 20.5 Å². The maximum atomic E-state index is 12.6. The molecule has 38 nitrogen and oxygen atoms in total. The summed E-state index contributed by atoms with van der Waals surface area (Å²) >= 11 is 0. The quantitative estimate of drug-likeness (QED) is 0.0173. The largest absolute Gasteiger partial charge is 0.507 e. The van der Waals surface area contributed by atoms with E-state index in [1.54, 1.807) is 24.3 Å². The minimum atomic E-state index is -4.97. The Labute approximate surface area is 557 Å². The number of aromatic nitrogens is 6. The Morgan fingerprint density at radius 3 is 1.10 bits per heavy atom. The lowest BCUT2D eigenvalue weighted by Gasteiger charge is -2.20. The number of fused-ring (bicyclic) bond motifs is 2. The summed E-state index contributed by atoms with van der Waals surface area (Å²) in [6, 6.07) is 22.9. The molecular weight excluding hydrogens is 1410 g/mol.